The zero-order valence-corrected chi connectivity index (χ0v) is 10.4. The van der Waals surface area contributed by atoms with Gasteiger partial charge in [0.1, 0.15) is 12.4 Å². The smallest absolute Gasteiger partial charge is 0.276 e. The van der Waals surface area contributed by atoms with E-state index >= 15 is 0 Å². The molecule has 0 aromatic heterocycles. The van der Waals surface area contributed by atoms with Crippen molar-refractivity contribution in [3.8, 4) is 5.75 Å². The van der Waals surface area contributed by atoms with Crippen LogP contribution < -0.4 is 4.74 Å². The second kappa shape index (κ2) is 6.20. The molecule has 1 aromatic carbocycles. The highest BCUT2D eigenvalue weighted by Crippen LogP contribution is 2.28. The Bertz CT molecular complexity index is 404. The Balaban J connectivity index is 2.98. The summed E-state index contributed by atoms with van der Waals surface area (Å²) in [6.45, 7) is 4.61. The molecule has 0 unspecified atom stereocenters. The minimum absolute atomic E-state index is 0.125. The molecular formula is C12H17NO4. The number of nitrogens with zero attached hydrogens (tertiary/aromatic N) is 1. The Labute approximate surface area is 101 Å². The van der Waals surface area contributed by atoms with Gasteiger partial charge in [-0.25, -0.2) is 0 Å². The summed E-state index contributed by atoms with van der Waals surface area (Å²) in [5.74, 6) is 0.517. The predicted molar refractivity (Wildman–Crippen MR) is 64.6 cm³/mol. The molecule has 0 radical (unpaired) electrons. The fraction of sp³-hybridized carbons (Fsp3) is 0.500. The first-order valence-corrected chi connectivity index (χ1v) is 5.49. The number of hydrogen-bond acceptors (Lipinski definition) is 4. The van der Waals surface area contributed by atoms with Crippen molar-refractivity contribution in [3.05, 3.63) is 33.4 Å². The Morgan fingerprint density at radius 1 is 1.35 bits per heavy atom. The molecule has 0 aliphatic rings. The highest BCUT2D eigenvalue weighted by molar-refractivity contribution is 5.50. The van der Waals surface area contributed by atoms with Crippen molar-refractivity contribution >= 4 is 5.69 Å². The van der Waals surface area contributed by atoms with E-state index < -0.39 is 0 Å². The average molecular weight is 239 g/mol. The maximum atomic E-state index is 10.9. The summed E-state index contributed by atoms with van der Waals surface area (Å²) in [5.41, 5.74) is 1.77. The van der Waals surface area contributed by atoms with Gasteiger partial charge in [-0.3, -0.25) is 10.1 Å². The molecule has 0 saturated carbocycles. The Hall–Kier alpha value is -1.62. The normalized spacial score (nSPS) is 10.3. The van der Waals surface area contributed by atoms with E-state index in [2.05, 4.69) is 0 Å². The van der Waals surface area contributed by atoms with E-state index in [0.717, 1.165) is 11.1 Å². The predicted octanol–water partition coefficient (Wildman–Crippen LogP) is 2.49. The van der Waals surface area contributed by atoms with Gasteiger partial charge in [0.2, 0.25) is 0 Å². The lowest BCUT2D eigenvalue weighted by molar-refractivity contribution is -0.385. The minimum atomic E-state index is -0.366. The van der Waals surface area contributed by atoms with E-state index in [1.807, 2.05) is 19.9 Å². The standard InChI is InChI=1S/C12H17NO4/c1-4-11-9(2)7-10(17-6-5-16-3)8-12(11)13(14)15/h7-8H,4-6H2,1-3H3. The number of hydrogen-bond donors (Lipinski definition) is 0. The van der Waals surface area contributed by atoms with Gasteiger partial charge >= 0.3 is 0 Å². The molecule has 94 valence electrons. The lowest BCUT2D eigenvalue weighted by Crippen LogP contribution is -2.05. The average Bonchev–Trinajstić information content (AvgIpc) is 2.28. The van der Waals surface area contributed by atoms with Crippen molar-refractivity contribution in [1.29, 1.82) is 0 Å². The van der Waals surface area contributed by atoms with Gasteiger partial charge in [0, 0.05) is 12.7 Å². The minimum Gasteiger partial charge on any atom is -0.491 e. The van der Waals surface area contributed by atoms with Crippen LogP contribution in [0.4, 0.5) is 5.69 Å². The monoisotopic (exact) mass is 239 g/mol. The quantitative estimate of drug-likeness (QED) is 0.434. The van der Waals surface area contributed by atoms with Gasteiger partial charge in [0.25, 0.3) is 5.69 Å². The van der Waals surface area contributed by atoms with Crippen LogP contribution in [0, 0.1) is 17.0 Å². The van der Waals surface area contributed by atoms with Crippen molar-refractivity contribution < 1.29 is 14.4 Å². The lowest BCUT2D eigenvalue weighted by Gasteiger charge is -2.09. The third kappa shape index (κ3) is 3.42. The van der Waals surface area contributed by atoms with Crippen LogP contribution in [0.2, 0.25) is 0 Å². The number of benzene rings is 1. The summed E-state index contributed by atoms with van der Waals surface area (Å²) in [4.78, 5) is 10.6. The van der Waals surface area contributed by atoms with Crippen molar-refractivity contribution in [2.75, 3.05) is 20.3 Å². The van der Waals surface area contributed by atoms with E-state index in [4.69, 9.17) is 9.47 Å². The number of methoxy groups -OCH3 is 1. The fourth-order valence-electron chi connectivity index (χ4n) is 1.72. The van der Waals surface area contributed by atoms with E-state index in [0.29, 0.717) is 25.4 Å². The van der Waals surface area contributed by atoms with Gasteiger partial charge < -0.3 is 9.47 Å². The van der Waals surface area contributed by atoms with E-state index in [9.17, 15) is 10.1 Å². The summed E-state index contributed by atoms with van der Waals surface area (Å²) in [6, 6.07) is 3.29. The maximum absolute atomic E-state index is 10.9. The first-order valence-electron chi connectivity index (χ1n) is 5.49. The first kappa shape index (κ1) is 13.4. The lowest BCUT2D eigenvalue weighted by atomic mass is 10.0. The summed E-state index contributed by atoms with van der Waals surface area (Å²) in [6.07, 6.45) is 0.639. The zero-order valence-electron chi connectivity index (χ0n) is 10.4. The molecule has 0 aliphatic carbocycles. The van der Waals surface area contributed by atoms with Crippen molar-refractivity contribution in [2.24, 2.45) is 0 Å². The topological polar surface area (TPSA) is 61.6 Å². The fourth-order valence-corrected chi connectivity index (χ4v) is 1.72. The van der Waals surface area contributed by atoms with Gasteiger partial charge in [-0.1, -0.05) is 6.92 Å². The molecule has 17 heavy (non-hydrogen) atoms. The maximum Gasteiger partial charge on any atom is 0.276 e. The van der Waals surface area contributed by atoms with E-state index in [1.165, 1.54) is 6.07 Å². The van der Waals surface area contributed by atoms with Crippen LogP contribution in [-0.4, -0.2) is 25.2 Å². The van der Waals surface area contributed by atoms with Crippen molar-refractivity contribution in [2.45, 2.75) is 20.3 Å². The first-order chi connectivity index (χ1) is 8.10. The molecule has 0 aliphatic heterocycles. The van der Waals surface area contributed by atoms with Crippen LogP contribution in [0.25, 0.3) is 0 Å². The van der Waals surface area contributed by atoms with Crippen molar-refractivity contribution in [3.63, 3.8) is 0 Å². The molecule has 0 saturated heterocycles. The van der Waals surface area contributed by atoms with Crippen LogP contribution in [0.15, 0.2) is 12.1 Å². The van der Waals surface area contributed by atoms with Crippen LogP contribution in [0.1, 0.15) is 18.1 Å². The van der Waals surface area contributed by atoms with Gasteiger partial charge in [0.15, 0.2) is 0 Å². The number of ether oxygens (including phenoxy) is 2. The van der Waals surface area contributed by atoms with E-state index in [1.54, 1.807) is 7.11 Å². The molecule has 0 bridgehead atoms. The SMILES string of the molecule is CCc1c(C)cc(OCCOC)cc1[N+](=O)[O-]. The molecule has 1 aromatic rings. The molecular weight excluding hydrogens is 222 g/mol. The molecule has 5 heteroatoms. The van der Waals surface area contributed by atoms with Crippen LogP contribution in [0.3, 0.4) is 0 Å². The molecule has 0 atom stereocenters. The number of nitro groups is 1. The van der Waals surface area contributed by atoms with E-state index in [-0.39, 0.29) is 10.6 Å². The highest BCUT2D eigenvalue weighted by atomic mass is 16.6. The Morgan fingerprint density at radius 3 is 2.59 bits per heavy atom. The number of rotatable bonds is 6. The molecule has 5 nitrogen and oxygen atoms in total. The third-order valence-corrected chi connectivity index (χ3v) is 2.53. The second-order valence-corrected chi connectivity index (χ2v) is 3.69. The summed E-state index contributed by atoms with van der Waals surface area (Å²) >= 11 is 0. The van der Waals surface area contributed by atoms with Gasteiger partial charge in [-0.15, -0.1) is 0 Å². The van der Waals surface area contributed by atoms with Crippen LogP contribution >= 0.6 is 0 Å². The van der Waals surface area contributed by atoms with Gasteiger partial charge in [-0.05, 0) is 25.0 Å². The van der Waals surface area contributed by atoms with Crippen LogP contribution in [0.5, 0.6) is 5.75 Å². The molecule has 0 spiro atoms. The summed E-state index contributed by atoms with van der Waals surface area (Å²) in [7, 11) is 1.58. The van der Waals surface area contributed by atoms with Gasteiger partial charge in [0.05, 0.1) is 17.6 Å². The number of aryl methyl sites for hydroxylation is 1. The third-order valence-electron chi connectivity index (χ3n) is 2.53. The second-order valence-electron chi connectivity index (χ2n) is 3.69. The molecule has 0 amide bonds. The molecule has 1 rings (SSSR count). The zero-order chi connectivity index (χ0) is 12.8. The van der Waals surface area contributed by atoms with Crippen LogP contribution in [-0.2, 0) is 11.2 Å². The summed E-state index contributed by atoms with van der Waals surface area (Å²) < 4.78 is 10.2. The number of nitro benzene ring substituents is 1. The highest BCUT2D eigenvalue weighted by Gasteiger charge is 2.16. The molecule has 0 N–H and O–H groups in total. The van der Waals surface area contributed by atoms with Gasteiger partial charge in [-0.2, -0.15) is 0 Å². The summed E-state index contributed by atoms with van der Waals surface area (Å²) in [5, 5.41) is 10.9. The molecule has 0 fully saturated rings. The van der Waals surface area contributed by atoms with Crippen molar-refractivity contribution in [1.82, 2.24) is 0 Å². The molecule has 0 heterocycles. The Kier molecular flexibility index (Phi) is 4.90. The largest absolute Gasteiger partial charge is 0.491 e. The Morgan fingerprint density at radius 2 is 2.06 bits per heavy atom.